The van der Waals surface area contributed by atoms with Crippen molar-refractivity contribution in [2.45, 2.75) is 34.1 Å². The number of hydrogen-bond donors (Lipinski definition) is 0. The summed E-state index contributed by atoms with van der Waals surface area (Å²) < 4.78 is 0. The predicted molar refractivity (Wildman–Crippen MR) is 48.4 cm³/mol. The van der Waals surface area contributed by atoms with Crippen LogP contribution in [0.15, 0.2) is 5.18 Å². The molecule has 0 N–H and O–H groups in total. The standard InChI is InChI=1S/C9H19NO/c1-7(2)9(8(3)4)5-6-10-11/h7-9H,5-6H2,1-4H3. The molecule has 0 saturated carbocycles. The maximum atomic E-state index is 9.90. The van der Waals surface area contributed by atoms with Crippen LogP contribution in [0.25, 0.3) is 0 Å². The molecule has 0 fully saturated rings. The largest absolute Gasteiger partial charge is 0.151 e. The topological polar surface area (TPSA) is 29.4 Å². The first-order valence-corrected chi connectivity index (χ1v) is 4.38. The Morgan fingerprint density at radius 3 is 1.82 bits per heavy atom. The molecule has 0 atom stereocenters. The first-order valence-electron chi connectivity index (χ1n) is 4.38. The molecule has 0 heterocycles. The Kier molecular flexibility index (Phi) is 5.08. The van der Waals surface area contributed by atoms with E-state index in [4.69, 9.17) is 0 Å². The van der Waals surface area contributed by atoms with Crippen LogP contribution in [-0.4, -0.2) is 6.54 Å². The smallest absolute Gasteiger partial charge is 0.0814 e. The van der Waals surface area contributed by atoms with Crippen molar-refractivity contribution in [3.63, 3.8) is 0 Å². The number of rotatable bonds is 5. The summed E-state index contributed by atoms with van der Waals surface area (Å²) in [6.45, 7) is 9.29. The van der Waals surface area contributed by atoms with E-state index in [0.717, 1.165) is 6.42 Å². The lowest BCUT2D eigenvalue weighted by Gasteiger charge is -2.23. The van der Waals surface area contributed by atoms with Crippen LogP contribution in [0.2, 0.25) is 0 Å². The molecule has 0 saturated heterocycles. The van der Waals surface area contributed by atoms with E-state index in [1.165, 1.54) is 0 Å². The van der Waals surface area contributed by atoms with Gasteiger partial charge in [0.15, 0.2) is 0 Å². The molecule has 11 heavy (non-hydrogen) atoms. The molecular weight excluding hydrogens is 138 g/mol. The van der Waals surface area contributed by atoms with Crippen molar-refractivity contribution in [1.29, 1.82) is 0 Å². The van der Waals surface area contributed by atoms with Crippen molar-refractivity contribution in [1.82, 2.24) is 0 Å². The molecule has 0 unspecified atom stereocenters. The van der Waals surface area contributed by atoms with Crippen LogP contribution >= 0.6 is 0 Å². The molecular formula is C9H19NO. The lowest BCUT2D eigenvalue weighted by atomic mass is 9.83. The van der Waals surface area contributed by atoms with Crippen LogP contribution < -0.4 is 0 Å². The van der Waals surface area contributed by atoms with Crippen molar-refractivity contribution < 1.29 is 0 Å². The van der Waals surface area contributed by atoms with Gasteiger partial charge in [-0.1, -0.05) is 32.9 Å². The molecule has 0 aliphatic rings. The second kappa shape index (κ2) is 5.28. The number of nitrogens with zero attached hydrogens (tertiary/aromatic N) is 1. The Morgan fingerprint density at radius 2 is 1.55 bits per heavy atom. The highest BCUT2D eigenvalue weighted by Gasteiger charge is 2.16. The molecule has 0 aromatic carbocycles. The van der Waals surface area contributed by atoms with Crippen LogP contribution in [0, 0.1) is 22.7 Å². The Labute approximate surface area is 69.4 Å². The van der Waals surface area contributed by atoms with E-state index in [2.05, 4.69) is 32.9 Å². The molecule has 66 valence electrons. The van der Waals surface area contributed by atoms with Crippen molar-refractivity contribution >= 4 is 0 Å². The molecule has 0 amide bonds. The van der Waals surface area contributed by atoms with Gasteiger partial charge in [-0.05, 0) is 24.2 Å². The Hall–Kier alpha value is -0.400. The van der Waals surface area contributed by atoms with Gasteiger partial charge in [-0.25, -0.2) is 0 Å². The van der Waals surface area contributed by atoms with Crippen LogP contribution in [0.4, 0.5) is 0 Å². The van der Waals surface area contributed by atoms with Gasteiger partial charge in [0.1, 0.15) is 0 Å². The third-order valence-electron chi connectivity index (χ3n) is 2.27. The highest BCUT2D eigenvalue weighted by molar-refractivity contribution is 4.67. The van der Waals surface area contributed by atoms with E-state index in [1.807, 2.05) is 0 Å². The lowest BCUT2D eigenvalue weighted by molar-refractivity contribution is 0.273. The van der Waals surface area contributed by atoms with Gasteiger partial charge in [-0.3, -0.25) is 0 Å². The number of nitroso groups, excluding NO2 is 1. The fraction of sp³-hybridized carbons (Fsp3) is 1.00. The minimum absolute atomic E-state index is 0.473. The van der Waals surface area contributed by atoms with Crippen LogP contribution in [0.1, 0.15) is 34.1 Å². The van der Waals surface area contributed by atoms with E-state index >= 15 is 0 Å². The Morgan fingerprint density at radius 1 is 1.09 bits per heavy atom. The van der Waals surface area contributed by atoms with E-state index in [0.29, 0.717) is 24.3 Å². The molecule has 0 aromatic heterocycles. The monoisotopic (exact) mass is 157 g/mol. The second-order valence-electron chi connectivity index (χ2n) is 3.79. The van der Waals surface area contributed by atoms with E-state index in [1.54, 1.807) is 0 Å². The fourth-order valence-electron chi connectivity index (χ4n) is 1.64. The zero-order valence-electron chi connectivity index (χ0n) is 8.00. The van der Waals surface area contributed by atoms with Gasteiger partial charge in [0, 0.05) is 0 Å². The Balaban J connectivity index is 3.79. The third kappa shape index (κ3) is 4.12. The van der Waals surface area contributed by atoms with Crippen molar-refractivity contribution in [3.05, 3.63) is 4.91 Å². The molecule has 2 heteroatoms. The van der Waals surface area contributed by atoms with Gasteiger partial charge in [-0.15, -0.1) is 0 Å². The summed E-state index contributed by atoms with van der Waals surface area (Å²) in [5, 5.41) is 2.89. The summed E-state index contributed by atoms with van der Waals surface area (Å²) in [6.07, 6.45) is 0.943. The molecule has 0 aliphatic carbocycles. The summed E-state index contributed by atoms with van der Waals surface area (Å²) in [6, 6.07) is 0. The molecule has 0 aromatic rings. The zero-order valence-corrected chi connectivity index (χ0v) is 8.00. The maximum absolute atomic E-state index is 9.90. The molecule has 0 bridgehead atoms. The van der Waals surface area contributed by atoms with E-state index in [9.17, 15) is 4.91 Å². The SMILES string of the molecule is CC(C)C(CCN=O)C(C)C. The molecule has 0 spiro atoms. The highest BCUT2D eigenvalue weighted by atomic mass is 16.3. The lowest BCUT2D eigenvalue weighted by Crippen LogP contribution is -2.16. The molecule has 0 radical (unpaired) electrons. The minimum atomic E-state index is 0.473. The van der Waals surface area contributed by atoms with Crippen LogP contribution in [-0.2, 0) is 0 Å². The maximum Gasteiger partial charge on any atom is 0.0814 e. The van der Waals surface area contributed by atoms with Crippen molar-refractivity contribution in [2.24, 2.45) is 22.9 Å². The van der Waals surface area contributed by atoms with Gasteiger partial charge in [0.05, 0.1) is 6.54 Å². The van der Waals surface area contributed by atoms with Crippen molar-refractivity contribution in [2.75, 3.05) is 6.54 Å². The molecule has 0 aliphatic heterocycles. The van der Waals surface area contributed by atoms with Gasteiger partial charge >= 0.3 is 0 Å². The van der Waals surface area contributed by atoms with Crippen LogP contribution in [0.3, 0.4) is 0 Å². The summed E-state index contributed by atoms with van der Waals surface area (Å²) >= 11 is 0. The quantitative estimate of drug-likeness (QED) is 0.564. The predicted octanol–water partition coefficient (Wildman–Crippen LogP) is 3.07. The highest BCUT2D eigenvalue weighted by Crippen LogP contribution is 2.23. The van der Waals surface area contributed by atoms with Gasteiger partial charge in [0.2, 0.25) is 0 Å². The van der Waals surface area contributed by atoms with Gasteiger partial charge < -0.3 is 0 Å². The minimum Gasteiger partial charge on any atom is -0.151 e. The number of hydrogen-bond acceptors (Lipinski definition) is 2. The average Bonchev–Trinajstić information content (AvgIpc) is 1.87. The summed E-state index contributed by atoms with van der Waals surface area (Å²) in [4.78, 5) is 9.90. The average molecular weight is 157 g/mol. The summed E-state index contributed by atoms with van der Waals surface area (Å²) in [5.74, 6) is 1.97. The fourth-order valence-corrected chi connectivity index (χ4v) is 1.64. The Bertz CT molecular complexity index is 102. The molecule has 2 nitrogen and oxygen atoms in total. The van der Waals surface area contributed by atoms with Gasteiger partial charge in [-0.2, -0.15) is 4.91 Å². The van der Waals surface area contributed by atoms with Crippen LogP contribution in [0.5, 0.6) is 0 Å². The van der Waals surface area contributed by atoms with E-state index in [-0.39, 0.29) is 0 Å². The summed E-state index contributed by atoms with van der Waals surface area (Å²) in [5.41, 5.74) is 0. The van der Waals surface area contributed by atoms with Crippen molar-refractivity contribution in [3.8, 4) is 0 Å². The second-order valence-corrected chi connectivity index (χ2v) is 3.79. The first kappa shape index (κ1) is 10.6. The summed E-state index contributed by atoms with van der Waals surface area (Å²) in [7, 11) is 0. The zero-order chi connectivity index (χ0) is 8.85. The van der Waals surface area contributed by atoms with E-state index < -0.39 is 0 Å². The third-order valence-corrected chi connectivity index (χ3v) is 2.27. The first-order chi connectivity index (χ1) is 5.09. The normalized spacial score (nSPS) is 11.5. The van der Waals surface area contributed by atoms with Gasteiger partial charge in [0.25, 0.3) is 0 Å². The molecule has 0 rings (SSSR count).